The molecule has 5 heteroatoms. The number of ether oxygens (including phenoxy) is 1. The van der Waals surface area contributed by atoms with E-state index in [4.69, 9.17) is 22.1 Å². The van der Waals surface area contributed by atoms with Gasteiger partial charge in [-0.15, -0.1) is 0 Å². The fourth-order valence-corrected chi connectivity index (χ4v) is 1.89. The highest BCUT2D eigenvalue weighted by Gasteiger charge is 2.39. The lowest BCUT2D eigenvalue weighted by molar-refractivity contribution is -0.141. The quantitative estimate of drug-likeness (QED) is 0.794. The van der Waals surface area contributed by atoms with Crippen molar-refractivity contribution in [2.24, 2.45) is 11.7 Å². The number of hydrogen-bond donors (Lipinski definition) is 1. The molecule has 1 aromatic carbocycles. The molecule has 2 N–H and O–H groups in total. The monoisotopic (exact) mass is 239 g/mol. The van der Waals surface area contributed by atoms with Crippen LogP contribution in [-0.2, 0) is 14.3 Å². The summed E-state index contributed by atoms with van der Waals surface area (Å²) in [5.41, 5.74) is 5.96. The maximum atomic E-state index is 11.2. The van der Waals surface area contributed by atoms with E-state index in [-0.39, 0.29) is 6.42 Å². The second kappa shape index (κ2) is 4.14. The van der Waals surface area contributed by atoms with E-state index in [1.807, 2.05) is 0 Å². The molecule has 0 aromatic heterocycles. The van der Waals surface area contributed by atoms with Crippen molar-refractivity contribution < 1.29 is 14.3 Å². The summed E-state index contributed by atoms with van der Waals surface area (Å²) in [6, 6.07) is 6.81. The minimum absolute atomic E-state index is 0.0443. The first-order valence-electron chi connectivity index (χ1n) is 4.82. The van der Waals surface area contributed by atoms with E-state index in [9.17, 15) is 9.59 Å². The lowest BCUT2D eigenvalue weighted by Crippen LogP contribution is -2.25. The third-order valence-electron chi connectivity index (χ3n) is 2.57. The van der Waals surface area contributed by atoms with Crippen molar-refractivity contribution in [3.8, 4) is 0 Å². The van der Waals surface area contributed by atoms with E-state index in [0.29, 0.717) is 5.02 Å². The maximum Gasteiger partial charge on any atom is 0.307 e. The van der Waals surface area contributed by atoms with Crippen molar-refractivity contribution in [2.75, 3.05) is 0 Å². The van der Waals surface area contributed by atoms with Gasteiger partial charge in [0.25, 0.3) is 0 Å². The van der Waals surface area contributed by atoms with Crippen LogP contribution in [-0.4, -0.2) is 11.9 Å². The summed E-state index contributed by atoms with van der Waals surface area (Å²) in [4.78, 5) is 22.3. The van der Waals surface area contributed by atoms with Gasteiger partial charge < -0.3 is 10.5 Å². The van der Waals surface area contributed by atoms with Gasteiger partial charge in [0.05, 0.1) is 12.3 Å². The number of esters is 1. The molecule has 1 heterocycles. The van der Waals surface area contributed by atoms with Crippen molar-refractivity contribution in [2.45, 2.75) is 12.5 Å². The molecule has 1 saturated heterocycles. The predicted octanol–water partition coefficient (Wildman–Crippen LogP) is 1.43. The zero-order chi connectivity index (χ0) is 11.7. The number of carbonyl (C=O) groups is 2. The first-order valence-corrected chi connectivity index (χ1v) is 5.20. The van der Waals surface area contributed by atoms with Crippen LogP contribution in [0, 0.1) is 5.92 Å². The van der Waals surface area contributed by atoms with Gasteiger partial charge in [0.15, 0.2) is 0 Å². The highest BCUT2D eigenvalue weighted by Crippen LogP contribution is 2.35. The van der Waals surface area contributed by atoms with Gasteiger partial charge in [-0.1, -0.05) is 23.7 Å². The zero-order valence-electron chi connectivity index (χ0n) is 8.35. The largest absolute Gasteiger partial charge is 0.457 e. The first-order chi connectivity index (χ1) is 7.58. The predicted molar refractivity (Wildman–Crippen MR) is 57.6 cm³/mol. The minimum atomic E-state index is -0.589. The number of carbonyl (C=O) groups excluding carboxylic acids is 2. The van der Waals surface area contributed by atoms with Gasteiger partial charge in [0.1, 0.15) is 6.10 Å². The maximum absolute atomic E-state index is 11.2. The van der Waals surface area contributed by atoms with E-state index < -0.39 is 23.9 Å². The summed E-state index contributed by atoms with van der Waals surface area (Å²) in [6.45, 7) is 0. The van der Waals surface area contributed by atoms with Crippen LogP contribution in [0.4, 0.5) is 0 Å². The average molecular weight is 240 g/mol. The molecule has 1 aliphatic rings. The van der Waals surface area contributed by atoms with Gasteiger partial charge in [0.2, 0.25) is 5.91 Å². The number of primary amides is 1. The molecule has 0 bridgehead atoms. The van der Waals surface area contributed by atoms with Gasteiger partial charge in [-0.25, -0.2) is 0 Å². The van der Waals surface area contributed by atoms with Gasteiger partial charge >= 0.3 is 5.97 Å². The third-order valence-corrected chi connectivity index (χ3v) is 2.83. The highest BCUT2D eigenvalue weighted by molar-refractivity contribution is 6.30. The molecule has 0 radical (unpaired) electrons. The Hall–Kier alpha value is -1.55. The summed E-state index contributed by atoms with van der Waals surface area (Å²) >= 11 is 5.75. The fourth-order valence-electron chi connectivity index (χ4n) is 1.76. The lowest BCUT2D eigenvalue weighted by Gasteiger charge is -2.14. The minimum Gasteiger partial charge on any atom is -0.457 e. The number of hydrogen-bond acceptors (Lipinski definition) is 3. The molecule has 1 aliphatic heterocycles. The van der Waals surface area contributed by atoms with Crippen molar-refractivity contribution in [3.63, 3.8) is 0 Å². The van der Waals surface area contributed by atoms with Gasteiger partial charge in [-0.2, -0.15) is 0 Å². The molecular weight excluding hydrogens is 230 g/mol. The third kappa shape index (κ3) is 2.02. The Balaban J connectivity index is 2.28. The van der Waals surface area contributed by atoms with Gasteiger partial charge in [0, 0.05) is 5.02 Å². The van der Waals surface area contributed by atoms with E-state index >= 15 is 0 Å². The molecule has 84 valence electrons. The van der Waals surface area contributed by atoms with Gasteiger partial charge in [-0.3, -0.25) is 9.59 Å². The van der Waals surface area contributed by atoms with Crippen LogP contribution in [0.2, 0.25) is 5.02 Å². The number of halogens is 1. The topological polar surface area (TPSA) is 69.4 Å². The van der Waals surface area contributed by atoms with E-state index in [1.54, 1.807) is 24.3 Å². The van der Waals surface area contributed by atoms with Crippen LogP contribution < -0.4 is 5.73 Å². The number of nitrogens with two attached hydrogens (primary N) is 1. The van der Waals surface area contributed by atoms with Crippen LogP contribution in [0.5, 0.6) is 0 Å². The van der Waals surface area contributed by atoms with E-state index in [0.717, 1.165) is 5.56 Å². The van der Waals surface area contributed by atoms with Crippen molar-refractivity contribution in [1.82, 2.24) is 0 Å². The number of rotatable bonds is 2. The Kier molecular flexibility index (Phi) is 2.83. The van der Waals surface area contributed by atoms with E-state index in [2.05, 4.69) is 0 Å². The van der Waals surface area contributed by atoms with Crippen LogP contribution in [0.15, 0.2) is 24.3 Å². The molecule has 0 aliphatic carbocycles. The van der Waals surface area contributed by atoms with Crippen LogP contribution >= 0.6 is 11.6 Å². The van der Waals surface area contributed by atoms with Crippen molar-refractivity contribution in [3.05, 3.63) is 34.9 Å². The Morgan fingerprint density at radius 3 is 2.56 bits per heavy atom. The molecule has 0 saturated carbocycles. The molecule has 16 heavy (non-hydrogen) atoms. The smallest absolute Gasteiger partial charge is 0.307 e. The van der Waals surface area contributed by atoms with Crippen LogP contribution in [0.25, 0.3) is 0 Å². The average Bonchev–Trinajstić information content (AvgIpc) is 2.61. The molecular formula is C11H10ClNO3. The number of benzene rings is 1. The molecule has 1 unspecified atom stereocenters. The first kappa shape index (κ1) is 11.0. The SMILES string of the molecule is NC(=O)[C@H]1CC(=O)OC1c1ccc(Cl)cc1. The fraction of sp³-hybridized carbons (Fsp3) is 0.273. The van der Waals surface area contributed by atoms with Crippen LogP contribution in [0.1, 0.15) is 18.1 Å². The summed E-state index contributed by atoms with van der Waals surface area (Å²) < 4.78 is 5.08. The summed E-state index contributed by atoms with van der Waals surface area (Å²) in [7, 11) is 0. The molecule has 1 fully saturated rings. The summed E-state index contributed by atoms with van der Waals surface area (Å²) in [6.07, 6.45) is -0.537. The van der Waals surface area contributed by atoms with E-state index in [1.165, 1.54) is 0 Å². The molecule has 1 amide bonds. The van der Waals surface area contributed by atoms with Crippen molar-refractivity contribution >= 4 is 23.5 Å². The van der Waals surface area contributed by atoms with Gasteiger partial charge in [-0.05, 0) is 17.7 Å². The highest BCUT2D eigenvalue weighted by atomic mass is 35.5. The Morgan fingerprint density at radius 2 is 2.00 bits per heavy atom. The van der Waals surface area contributed by atoms with Crippen molar-refractivity contribution in [1.29, 1.82) is 0 Å². The Morgan fingerprint density at radius 1 is 1.38 bits per heavy atom. The summed E-state index contributed by atoms with van der Waals surface area (Å²) in [5.74, 6) is -1.51. The standard InChI is InChI=1S/C11H10ClNO3/c12-7-3-1-6(2-4-7)10-8(11(13)15)5-9(14)16-10/h1-4,8,10H,5H2,(H2,13,15)/t8-,10?/m0/s1. The lowest BCUT2D eigenvalue weighted by atomic mass is 9.95. The number of amides is 1. The zero-order valence-corrected chi connectivity index (χ0v) is 9.11. The Bertz CT molecular complexity index is 429. The molecule has 1 aromatic rings. The normalized spacial score (nSPS) is 24.2. The molecule has 0 spiro atoms. The molecule has 4 nitrogen and oxygen atoms in total. The summed E-state index contributed by atoms with van der Waals surface area (Å²) in [5, 5.41) is 0.587. The number of cyclic esters (lactones) is 1. The second-order valence-corrected chi connectivity index (χ2v) is 4.11. The molecule has 2 atom stereocenters. The Labute approximate surface area is 97.3 Å². The second-order valence-electron chi connectivity index (χ2n) is 3.67. The van der Waals surface area contributed by atoms with Crippen LogP contribution in [0.3, 0.4) is 0 Å². The molecule has 2 rings (SSSR count).